The van der Waals surface area contributed by atoms with E-state index in [1.165, 1.54) is 6.08 Å². The first-order chi connectivity index (χ1) is 21.1. The van der Waals surface area contributed by atoms with Crippen molar-refractivity contribution in [1.82, 2.24) is 4.90 Å². The van der Waals surface area contributed by atoms with E-state index in [0.717, 1.165) is 16.0 Å². The van der Waals surface area contributed by atoms with Crippen LogP contribution in [-0.2, 0) is 41.6 Å². The highest BCUT2D eigenvalue weighted by Gasteiger charge is 2.50. The van der Waals surface area contributed by atoms with Gasteiger partial charge in [0.1, 0.15) is 18.8 Å². The molecule has 1 fully saturated rings. The molecule has 1 saturated heterocycles. The summed E-state index contributed by atoms with van der Waals surface area (Å²) in [6, 6.07) is 18.3. The summed E-state index contributed by atoms with van der Waals surface area (Å²) in [6.07, 6.45) is -0.885. The molecule has 2 aliphatic rings. The van der Waals surface area contributed by atoms with E-state index in [4.69, 9.17) is 18.9 Å². The third-order valence-electron chi connectivity index (χ3n) is 7.78. The van der Waals surface area contributed by atoms with Crippen molar-refractivity contribution in [3.63, 3.8) is 0 Å². The second-order valence-corrected chi connectivity index (χ2v) is 12.2. The quantitative estimate of drug-likeness (QED) is 0.268. The third kappa shape index (κ3) is 8.62. The van der Waals surface area contributed by atoms with E-state index in [-0.39, 0.29) is 49.7 Å². The highest BCUT2D eigenvalue weighted by Crippen LogP contribution is 2.38. The molecule has 2 amide bonds. The minimum absolute atomic E-state index is 0.0507. The molecule has 10 nitrogen and oxygen atoms in total. The lowest BCUT2D eigenvalue weighted by Gasteiger charge is -2.39. The number of nitrogens with zero attached hydrogens (tertiary/aromatic N) is 1. The molecule has 0 aliphatic carbocycles. The summed E-state index contributed by atoms with van der Waals surface area (Å²) in [5.74, 6) is -4.15. The van der Waals surface area contributed by atoms with Crippen molar-refractivity contribution in [3.05, 3.63) is 82.3 Å². The van der Waals surface area contributed by atoms with Gasteiger partial charge in [0.2, 0.25) is 5.91 Å². The number of halogens is 1. The van der Waals surface area contributed by atoms with Gasteiger partial charge >= 0.3 is 6.09 Å². The fourth-order valence-corrected chi connectivity index (χ4v) is 5.74. The van der Waals surface area contributed by atoms with Crippen molar-refractivity contribution >= 4 is 33.7 Å². The van der Waals surface area contributed by atoms with Crippen LogP contribution >= 0.6 is 15.9 Å². The van der Waals surface area contributed by atoms with Crippen LogP contribution in [0.15, 0.2) is 71.2 Å². The molecule has 0 unspecified atom stereocenters. The Morgan fingerprint density at radius 3 is 2.39 bits per heavy atom. The smallest absolute Gasteiger partial charge is 0.416 e. The molecule has 0 bridgehead atoms. The van der Waals surface area contributed by atoms with Crippen LogP contribution in [0.4, 0.5) is 4.79 Å². The van der Waals surface area contributed by atoms with E-state index in [0.29, 0.717) is 13.0 Å². The van der Waals surface area contributed by atoms with Gasteiger partial charge in [0.25, 0.3) is 0 Å². The molecule has 0 radical (unpaired) electrons. The Morgan fingerprint density at radius 1 is 1.09 bits per heavy atom. The van der Waals surface area contributed by atoms with Crippen molar-refractivity contribution < 1.29 is 43.5 Å². The van der Waals surface area contributed by atoms with Crippen LogP contribution < -0.4 is 0 Å². The van der Waals surface area contributed by atoms with Crippen LogP contribution in [0.25, 0.3) is 0 Å². The zero-order chi connectivity index (χ0) is 31.7. The van der Waals surface area contributed by atoms with Gasteiger partial charge in [-0.05, 0) is 51.9 Å². The van der Waals surface area contributed by atoms with E-state index >= 15 is 0 Å². The first-order valence-corrected chi connectivity index (χ1v) is 15.6. The van der Waals surface area contributed by atoms with Gasteiger partial charge in [0.15, 0.2) is 11.6 Å². The lowest BCUT2D eigenvalue weighted by Crippen LogP contribution is -2.54. The second-order valence-electron chi connectivity index (χ2n) is 11.4. The van der Waals surface area contributed by atoms with Crippen molar-refractivity contribution in [2.24, 2.45) is 11.8 Å². The number of imide groups is 1. The summed E-state index contributed by atoms with van der Waals surface area (Å²) >= 11 is 3.28. The number of benzene rings is 2. The first-order valence-electron chi connectivity index (χ1n) is 14.8. The summed E-state index contributed by atoms with van der Waals surface area (Å²) in [5, 5.41) is 21.2. The number of ether oxygens (including phenoxy) is 4. The predicted molar refractivity (Wildman–Crippen MR) is 164 cm³/mol. The monoisotopic (exact) mass is 673 g/mol. The average Bonchev–Trinajstić information content (AvgIpc) is 3.41. The van der Waals surface area contributed by atoms with Gasteiger partial charge in [-0.1, -0.05) is 74.5 Å². The molecule has 2 N–H and O–H groups in total. The Bertz CT molecular complexity index is 1290. The van der Waals surface area contributed by atoms with Crippen molar-refractivity contribution in [2.75, 3.05) is 26.4 Å². The highest BCUT2D eigenvalue weighted by atomic mass is 79.9. The molecule has 11 heteroatoms. The summed E-state index contributed by atoms with van der Waals surface area (Å²) in [7, 11) is 0. The predicted octanol–water partition coefficient (Wildman–Crippen LogP) is 4.16. The maximum absolute atomic E-state index is 14.0. The molecule has 5 atom stereocenters. The molecule has 2 aliphatic heterocycles. The van der Waals surface area contributed by atoms with Crippen LogP contribution in [0.1, 0.15) is 37.8 Å². The molecular weight excluding hydrogens is 634 g/mol. The number of aliphatic hydroxyl groups excluding tert-OH is 1. The Hall–Kier alpha value is -2.93. The molecule has 2 aromatic carbocycles. The minimum atomic E-state index is -1.90. The van der Waals surface area contributed by atoms with Crippen LogP contribution in [0.2, 0.25) is 0 Å². The van der Waals surface area contributed by atoms with Gasteiger partial charge in [0.05, 0.1) is 36.3 Å². The summed E-state index contributed by atoms with van der Waals surface area (Å²) in [6.45, 7) is 4.35. The molecule has 2 heterocycles. The SMILES string of the molecule is CC(C)[C@H]1COC(=O)N1C(=O)[C@@H](Cc1ccccc1)[C@@H]1O[C@](O)(CCCOC[C@@H](CO)OCc2ccccc2)C(Br)=CC1=O. The number of cyclic esters (lactones) is 1. The maximum atomic E-state index is 14.0. The molecule has 4 rings (SSSR count). The normalized spacial score (nSPS) is 23.4. The molecule has 44 heavy (non-hydrogen) atoms. The Kier molecular flexibility index (Phi) is 12.3. The molecule has 0 aromatic heterocycles. The third-order valence-corrected chi connectivity index (χ3v) is 8.63. The van der Waals surface area contributed by atoms with Crippen LogP contribution in [0, 0.1) is 11.8 Å². The number of carbonyl (C=O) groups is 3. The largest absolute Gasteiger partial charge is 0.447 e. The van der Waals surface area contributed by atoms with Gasteiger partial charge in [-0.25, -0.2) is 9.69 Å². The van der Waals surface area contributed by atoms with Crippen molar-refractivity contribution in [2.45, 2.75) is 63.8 Å². The summed E-state index contributed by atoms with van der Waals surface area (Å²) in [4.78, 5) is 41.0. The van der Waals surface area contributed by atoms with Gasteiger partial charge < -0.3 is 29.2 Å². The Labute approximate surface area is 266 Å². The zero-order valence-electron chi connectivity index (χ0n) is 25.0. The van der Waals surface area contributed by atoms with E-state index < -0.39 is 47.7 Å². The average molecular weight is 675 g/mol. The lowest BCUT2D eigenvalue weighted by atomic mass is 9.87. The summed E-state index contributed by atoms with van der Waals surface area (Å²) in [5.41, 5.74) is 1.75. The first kappa shape index (κ1) is 34.0. The standard InChI is InChI=1S/C33H40BrNO9/c1-22(2)27-21-43-32(39)35(27)31(38)26(16-23-10-5-3-6-11-23)30-28(37)17-29(34)33(40,44-30)14-9-15-41-20-25(18-36)42-19-24-12-7-4-8-13-24/h3-8,10-13,17,22,25-27,30,36,40H,9,14-16,18-21H2,1-2H3/t25-,26+,27-,30+,33-/m1/s1. The second kappa shape index (κ2) is 15.9. The Balaban J connectivity index is 1.41. The van der Waals surface area contributed by atoms with Gasteiger partial charge in [-0.2, -0.15) is 0 Å². The minimum Gasteiger partial charge on any atom is -0.447 e. The number of amides is 2. The highest BCUT2D eigenvalue weighted by molar-refractivity contribution is 9.11. The zero-order valence-corrected chi connectivity index (χ0v) is 26.6. The lowest BCUT2D eigenvalue weighted by molar-refractivity contribution is -0.219. The van der Waals surface area contributed by atoms with Crippen LogP contribution in [0.5, 0.6) is 0 Å². The fourth-order valence-electron chi connectivity index (χ4n) is 5.22. The molecule has 0 spiro atoms. The van der Waals surface area contributed by atoms with Crippen LogP contribution in [0.3, 0.4) is 0 Å². The fraction of sp³-hybridized carbons (Fsp3) is 0.485. The number of hydrogen-bond acceptors (Lipinski definition) is 9. The van der Waals surface area contributed by atoms with Gasteiger partial charge in [-0.15, -0.1) is 0 Å². The molecule has 0 saturated carbocycles. The Morgan fingerprint density at radius 2 is 1.75 bits per heavy atom. The number of hydrogen-bond donors (Lipinski definition) is 2. The summed E-state index contributed by atoms with van der Waals surface area (Å²) < 4.78 is 22.8. The van der Waals surface area contributed by atoms with Crippen LogP contribution in [-0.4, -0.2) is 83.4 Å². The van der Waals surface area contributed by atoms with E-state index in [1.54, 1.807) is 0 Å². The van der Waals surface area contributed by atoms with Crippen molar-refractivity contribution in [3.8, 4) is 0 Å². The van der Waals surface area contributed by atoms with Gasteiger partial charge in [-0.3, -0.25) is 9.59 Å². The van der Waals surface area contributed by atoms with Crippen molar-refractivity contribution in [1.29, 1.82) is 0 Å². The number of carbonyl (C=O) groups excluding carboxylic acids is 3. The molecule has 238 valence electrons. The van der Waals surface area contributed by atoms with E-state index in [9.17, 15) is 24.6 Å². The number of rotatable bonds is 15. The molecular formula is C33H40BrNO9. The molecule has 2 aromatic rings. The van der Waals surface area contributed by atoms with E-state index in [2.05, 4.69) is 15.9 Å². The number of ketones is 1. The van der Waals surface area contributed by atoms with Gasteiger partial charge in [0, 0.05) is 13.0 Å². The maximum Gasteiger partial charge on any atom is 0.416 e. The topological polar surface area (TPSA) is 132 Å². The number of aliphatic hydroxyl groups is 2. The van der Waals surface area contributed by atoms with E-state index in [1.807, 2.05) is 74.5 Å².